The van der Waals surface area contributed by atoms with E-state index in [4.69, 9.17) is 5.26 Å². The Kier molecular flexibility index (Phi) is 4.91. The van der Waals surface area contributed by atoms with Gasteiger partial charge in [0.1, 0.15) is 0 Å². The normalized spacial score (nSPS) is 12.8. The van der Waals surface area contributed by atoms with Crippen LogP contribution in [0.5, 0.6) is 0 Å². The monoisotopic (exact) mass is 316 g/mol. The van der Waals surface area contributed by atoms with Crippen molar-refractivity contribution in [3.8, 4) is 6.07 Å². The van der Waals surface area contributed by atoms with E-state index in [9.17, 15) is 18.0 Å². The summed E-state index contributed by atoms with van der Waals surface area (Å²) in [6, 6.07) is 12.6. The van der Waals surface area contributed by atoms with E-state index in [1.165, 1.54) is 12.2 Å². The second-order valence-corrected chi connectivity index (χ2v) is 4.68. The van der Waals surface area contributed by atoms with E-state index in [2.05, 4.69) is 4.98 Å². The number of nitrogens with zero attached hydrogens (tertiary/aromatic N) is 2. The number of benzene rings is 1. The van der Waals surface area contributed by atoms with Crippen LogP contribution in [0.2, 0.25) is 0 Å². The quantitative estimate of drug-likeness (QED) is 0.801. The number of pyridine rings is 1. The molecule has 1 aromatic heterocycles. The first-order chi connectivity index (χ1) is 10.9. The van der Waals surface area contributed by atoms with Gasteiger partial charge in [0, 0.05) is 6.20 Å². The molecule has 1 heterocycles. The lowest BCUT2D eigenvalue weighted by Gasteiger charge is -2.08. The first-order valence-corrected chi connectivity index (χ1v) is 6.61. The van der Waals surface area contributed by atoms with Gasteiger partial charge in [-0.25, -0.2) is 0 Å². The van der Waals surface area contributed by atoms with Gasteiger partial charge in [-0.2, -0.15) is 18.4 Å². The molecule has 2 rings (SSSR count). The maximum Gasteiger partial charge on any atom is 0.417 e. The molecule has 0 amide bonds. The van der Waals surface area contributed by atoms with Crippen LogP contribution in [0.25, 0.3) is 6.08 Å². The zero-order valence-electron chi connectivity index (χ0n) is 11.8. The number of carbonyl (C=O) groups excluding carboxylic acids is 1. The Balaban J connectivity index is 2.18. The molecule has 0 bridgehead atoms. The third-order valence-electron chi connectivity index (χ3n) is 3.06. The predicted octanol–water partition coefficient (Wildman–Crippen LogP) is 3.99. The Hall–Kier alpha value is -2.94. The van der Waals surface area contributed by atoms with Gasteiger partial charge in [0.05, 0.1) is 17.3 Å². The molecule has 0 saturated carbocycles. The molecule has 0 fully saturated rings. The molecule has 0 N–H and O–H groups in total. The molecule has 6 heteroatoms. The molecule has 116 valence electrons. The second kappa shape index (κ2) is 6.88. The van der Waals surface area contributed by atoms with Gasteiger partial charge in [-0.1, -0.05) is 36.4 Å². The highest BCUT2D eigenvalue weighted by atomic mass is 19.4. The van der Waals surface area contributed by atoms with Gasteiger partial charge in [-0.3, -0.25) is 9.78 Å². The molecule has 1 aromatic carbocycles. The van der Waals surface area contributed by atoms with Crippen LogP contribution in [0.1, 0.15) is 22.7 Å². The van der Waals surface area contributed by atoms with Crippen LogP contribution in [0.3, 0.4) is 0 Å². The number of alkyl halides is 3. The molecular formula is C17H11F3N2O. The van der Waals surface area contributed by atoms with Crippen molar-refractivity contribution in [1.29, 1.82) is 5.26 Å². The zero-order chi connectivity index (χ0) is 16.9. The van der Waals surface area contributed by atoms with E-state index in [0.29, 0.717) is 6.20 Å². The Labute approximate surface area is 130 Å². The second-order valence-electron chi connectivity index (χ2n) is 4.68. The number of hydrogen-bond donors (Lipinski definition) is 0. The highest BCUT2D eigenvalue weighted by Crippen LogP contribution is 2.29. The fourth-order valence-corrected chi connectivity index (χ4v) is 1.86. The molecule has 0 radical (unpaired) electrons. The summed E-state index contributed by atoms with van der Waals surface area (Å²) in [5, 5.41) is 9.11. The van der Waals surface area contributed by atoms with Crippen LogP contribution in [-0.4, -0.2) is 10.8 Å². The van der Waals surface area contributed by atoms with Gasteiger partial charge in [-0.05, 0) is 23.8 Å². The minimum Gasteiger partial charge on any atom is -0.293 e. The molecule has 0 spiro atoms. The summed E-state index contributed by atoms with van der Waals surface area (Å²) >= 11 is 0. The number of allylic oxidation sites excluding steroid dienone is 1. The van der Waals surface area contributed by atoms with Crippen LogP contribution in [-0.2, 0) is 11.0 Å². The van der Waals surface area contributed by atoms with Crippen molar-refractivity contribution >= 4 is 11.9 Å². The standard InChI is InChI=1S/C17H11F3N2O/c18-17(19,20)13-7-8-15(22-11-13)14(10-21)16(23)9-6-12-4-2-1-3-5-12/h1-9,11,14H/b9-6+. The summed E-state index contributed by atoms with van der Waals surface area (Å²) in [5.41, 5.74) is -0.161. The molecule has 0 saturated heterocycles. The highest BCUT2D eigenvalue weighted by Gasteiger charge is 2.31. The summed E-state index contributed by atoms with van der Waals surface area (Å²) in [4.78, 5) is 15.7. The van der Waals surface area contributed by atoms with Crippen molar-refractivity contribution in [1.82, 2.24) is 4.98 Å². The highest BCUT2D eigenvalue weighted by molar-refractivity contribution is 6.00. The molecule has 0 aliphatic carbocycles. The van der Waals surface area contributed by atoms with Crippen molar-refractivity contribution in [3.05, 3.63) is 71.6 Å². The van der Waals surface area contributed by atoms with Crippen LogP contribution >= 0.6 is 0 Å². The summed E-state index contributed by atoms with van der Waals surface area (Å²) < 4.78 is 37.5. The van der Waals surface area contributed by atoms with Crippen molar-refractivity contribution in [3.63, 3.8) is 0 Å². The lowest BCUT2D eigenvalue weighted by atomic mass is 9.99. The van der Waals surface area contributed by atoms with Crippen LogP contribution < -0.4 is 0 Å². The minimum atomic E-state index is -4.51. The number of aromatic nitrogens is 1. The van der Waals surface area contributed by atoms with Gasteiger partial charge in [-0.15, -0.1) is 0 Å². The van der Waals surface area contributed by atoms with Crippen LogP contribution in [0, 0.1) is 11.3 Å². The summed E-state index contributed by atoms with van der Waals surface area (Å²) in [5.74, 6) is -1.78. The van der Waals surface area contributed by atoms with Gasteiger partial charge >= 0.3 is 6.18 Å². The van der Waals surface area contributed by atoms with Crippen molar-refractivity contribution in [2.45, 2.75) is 12.1 Å². The van der Waals surface area contributed by atoms with E-state index in [0.717, 1.165) is 17.7 Å². The predicted molar refractivity (Wildman–Crippen MR) is 78.1 cm³/mol. The van der Waals surface area contributed by atoms with Gasteiger partial charge in [0.2, 0.25) is 0 Å². The lowest BCUT2D eigenvalue weighted by Crippen LogP contribution is -2.11. The molecule has 0 aliphatic rings. The maximum atomic E-state index is 12.5. The van der Waals surface area contributed by atoms with Gasteiger partial charge in [0.15, 0.2) is 11.7 Å². The summed E-state index contributed by atoms with van der Waals surface area (Å²) in [6.07, 6.45) is -1.13. The average molecular weight is 316 g/mol. The first kappa shape index (κ1) is 16.4. The molecule has 1 atom stereocenters. The zero-order valence-corrected chi connectivity index (χ0v) is 11.8. The summed E-state index contributed by atoms with van der Waals surface area (Å²) in [6.45, 7) is 0. The molecule has 0 aliphatic heterocycles. The topological polar surface area (TPSA) is 53.8 Å². The number of nitriles is 1. The third kappa shape index (κ3) is 4.27. The van der Waals surface area contributed by atoms with E-state index in [1.54, 1.807) is 30.3 Å². The average Bonchev–Trinajstić information content (AvgIpc) is 2.54. The largest absolute Gasteiger partial charge is 0.417 e. The van der Waals surface area contributed by atoms with E-state index >= 15 is 0 Å². The van der Waals surface area contributed by atoms with Crippen molar-refractivity contribution in [2.75, 3.05) is 0 Å². The smallest absolute Gasteiger partial charge is 0.293 e. The molecule has 3 nitrogen and oxygen atoms in total. The number of rotatable bonds is 4. The van der Waals surface area contributed by atoms with Gasteiger partial charge < -0.3 is 0 Å². The number of carbonyl (C=O) groups is 1. The number of hydrogen-bond acceptors (Lipinski definition) is 3. The Bertz CT molecular complexity index is 744. The van der Waals surface area contributed by atoms with E-state index < -0.39 is 23.4 Å². The number of halogens is 3. The minimum absolute atomic E-state index is 0.0109. The van der Waals surface area contributed by atoms with Gasteiger partial charge in [0.25, 0.3) is 0 Å². The summed E-state index contributed by atoms with van der Waals surface area (Å²) in [7, 11) is 0. The molecule has 2 aromatic rings. The number of ketones is 1. The van der Waals surface area contributed by atoms with E-state index in [-0.39, 0.29) is 5.69 Å². The Morgan fingerprint density at radius 3 is 2.39 bits per heavy atom. The van der Waals surface area contributed by atoms with E-state index in [1.807, 2.05) is 6.07 Å². The Morgan fingerprint density at radius 2 is 1.87 bits per heavy atom. The van der Waals surface area contributed by atoms with Crippen LogP contribution in [0.15, 0.2) is 54.7 Å². The maximum absolute atomic E-state index is 12.5. The third-order valence-corrected chi connectivity index (χ3v) is 3.06. The van der Waals surface area contributed by atoms with Crippen LogP contribution in [0.4, 0.5) is 13.2 Å². The SMILES string of the molecule is N#CC(C(=O)/C=C/c1ccccc1)c1ccc(C(F)(F)F)cn1. The molecule has 23 heavy (non-hydrogen) atoms. The fourth-order valence-electron chi connectivity index (χ4n) is 1.86. The Morgan fingerprint density at radius 1 is 1.17 bits per heavy atom. The van der Waals surface area contributed by atoms with Crippen molar-refractivity contribution in [2.24, 2.45) is 0 Å². The first-order valence-electron chi connectivity index (χ1n) is 6.61. The molecular weight excluding hydrogens is 305 g/mol. The molecule has 1 unspecified atom stereocenters. The van der Waals surface area contributed by atoms with Crippen molar-refractivity contribution < 1.29 is 18.0 Å². The lowest BCUT2D eigenvalue weighted by molar-refractivity contribution is -0.137. The fraction of sp³-hybridized carbons (Fsp3) is 0.118.